The fourth-order valence-electron chi connectivity index (χ4n) is 2.59. The number of hydrogen-bond donors (Lipinski definition) is 1. The standard InChI is InChI=1S/C11H19NO4/c1-12-10(9(13)14-2)3-5-11(6-4-10)15-7-8-16-11/h12H,3-8H2,1-2H3. The summed E-state index contributed by atoms with van der Waals surface area (Å²) in [6, 6.07) is 0. The van der Waals surface area contributed by atoms with Crippen LogP contribution >= 0.6 is 0 Å². The highest BCUT2D eigenvalue weighted by atomic mass is 16.7. The van der Waals surface area contributed by atoms with Gasteiger partial charge in [-0.2, -0.15) is 0 Å². The predicted octanol–water partition coefficient (Wildman–Crippen LogP) is 0.435. The van der Waals surface area contributed by atoms with Crippen molar-refractivity contribution in [3.8, 4) is 0 Å². The van der Waals surface area contributed by atoms with Crippen molar-refractivity contribution in [2.75, 3.05) is 27.4 Å². The van der Waals surface area contributed by atoms with Gasteiger partial charge in [-0.3, -0.25) is 4.79 Å². The van der Waals surface area contributed by atoms with E-state index in [0.29, 0.717) is 26.1 Å². The minimum atomic E-state index is -0.560. The number of hydrogen-bond acceptors (Lipinski definition) is 5. The van der Waals surface area contributed by atoms with Gasteiger partial charge in [-0.1, -0.05) is 0 Å². The van der Waals surface area contributed by atoms with Crippen LogP contribution in [0.25, 0.3) is 0 Å². The maximum absolute atomic E-state index is 11.8. The van der Waals surface area contributed by atoms with Crippen LogP contribution in [0.4, 0.5) is 0 Å². The monoisotopic (exact) mass is 229 g/mol. The molecule has 1 saturated heterocycles. The van der Waals surface area contributed by atoms with E-state index in [-0.39, 0.29) is 5.97 Å². The molecular formula is C11H19NO4. The molecule has 92 valence electrons. The molecule has 5 nitrogen and oxygen atoms in total. The lowest BCUT2D eigenvalue weighted by atomic mass is 9.78. The van der Waals surface area contributed by atoms with Gasteiger partial charge in [0.15, 0.2) is 5.79 Å². The number of nitrogens with one attached hydrogen (secondary N) is 1. The molecule has 0 unspecified atom stereocenters. The third-order valence-corrected chi connectivity index (χ3v) is 3.73. The number of esters is 1. The second-order valence-electron chi connectivity index (χ2n) is 4.43. The summed E-state index contributed by atoms with van der Waals surface area (Å²) in [5.74, 6) is -0.628. The first-order valence-electron chi connectivity index (χ1n) is 5.72. The van der Waals surface area contributed by atoms with Crippen LogP contribution in [0.1, 0.15) is 25.7 Å². The van der Waals surface area contributed by atoms with Crippen LogP contribution in [0, 0.1) is 0 Å². The van der Waals surface area contributed by atoms with Crippen LogP contribution in [-0.2, 0) is 19.0 Å². The fourth-order valence-corrected chi connectivity index (χ4v) is 2.59. The normalized spacial score (nSPS) is 26.9. The van der Waals surface area contributed by atoms with Crippen molar-refractivity contribution in [3.63, 3.8) is 0 Å². The number of rotatable bonds is 2. The molecule has 1 aliphatic carbocycles. The highest BCUT2D eigenvalue weighted by molar-refractivity contribution is 5.80. The molecule has 5 heteroatoms. The molecule has 1 saturated carbocycles. The van der Waals surface area contributed by atoms with Crippen molar-refractivity contribution in [3.05, 3.63) is 0 Å². The van der Waals surface area contributed by atoms with E-state index in [1.165, 1.54) is 7.11 Å². The lowest BCUT2D eigenvalue weighted by Gasteiger charge is -2.41. The highest BCUT2D eigenvalue weighted by Crippen LogP contribution is 2.40. The Balaban J connectivity index is 2.03. The number of carbonyl (C=O) groups is 1. The molecule has 1 aliphatic heterocycles. The maximum atomic E-state index is 11.8. The molecule has 0 aromatic rings. The van der Waals surface area contributed by atoms with Crippen molar-refractivity contribution < 1.29 is 19.0 Å². The lowest BCUT2D eigenvalue weighted by molar-refractivity contribution is -0.191. The van der Waals surface area contributed by atoms with E-state index >= 15 is 0 Å². The van der Waals surface area contributed by atoms with E-state index in [1.54, 1.807) is 7.05 Å². The molecule has 0 bridgehead atoms. The molecule has 16 heavy (non-hydrogen) atoms. The maximum Gasteiger partial charge on any atom is 0.326 e. The Bertz CT molecular complexity index is 263. The topological polar surface area (TPSA) is 56.8 Å². The van der Waals surface area contributed by atoms with E-state index in [1.807, 2.05) is 0 Å². The van der Waals surface area contributed by atoms with Crippen LogP contribution in [0.2, 0.25) is 0 Å². The van der Waals surface area contributed by atoms with Crippen molar-refractivity contribution in [1.82, 2.24) is 5.32 Å². The van der Waals surface area contributed by atoms with Gasteiger partial charge in [-0.15, -0.1) is 0 Å². The summed E-state index contributed by atoms with van der Waals surface area (Å²) in [7, 11) is 3.22. The first-order chi connectivity index (χ1) is 7.66. The molecule has 0 aromatic heterocycles. The smallest absolute Gasteiger partial charge is 0.326 e. The van der Waals surface area contributed by atoms with E-state index in [0.717, 1.165) is 12.8 Å². The third-order valence-electron chi connectivity index (χ3n) is 3.73. The van der Waals surface area contributed by atoms with Gasteiger partial charge in [0, 0.05) is 12.8 Å². The Morgan fingerprint density at radius 2 is 1.75 bits per heavy atom. The fraction of sp³-hybridized carbons (Fsp3) is 0.909. The number of carbonyl (C=O) groups excluding carboxylic acids is 1. The third kappa shape index (κ3) is 1.83. The molecule has 0 atom stereocenters. The number of likely N-dealkylation sites (N-methyl/N-ethyl adjacent to an activating group) is 1. The average molecular weight is 229 g/mol. The Hall–Kier alpha value is -0.650. The van der Waals surface area contributed by atoms with Crippen LogP contribution in [-0.4, -0.2) is 44.7 Å². The van der Waals surface area contributed by atoms with Crippen molar-refractivity contribution >= 4 is 5.97 Å². The summed E-state index contributed by atoms with van der Waals surface area (Å²) in [6.07, 6.45) is 2.86. The van der Waals surface area contributed by atoms with Crippen LogP contribution in [0.5, 0.6) is 0 Å². The number of methoxy groups -OCH3 is 1. The number of ether oxygens (including phenoxy) is 3. The molecular weight excluding hydrogens is 210 g/mol. The highest BCUT2D eigenvalue weighted by Gasteiger charge is 2.49. The minimum absolute atomic E-state index is 0.192. The molecule has 2 aliphatic rings. The molecule has 0 aromatic carbocycles. The van der Waals surface area contributed by atoms with Gasteiger partial charge < -0.3 is 19.5 Å². The molecule has 2 fully saturated rings. The van der Waals surface area contributed by atoms with Crippen LogP contribution in [0.15, 0.2) is 0 Å². The van der Waals surface area contributed by atoms with Gasteiger partial charge in [-0.25, -0.2) is 0 Å². The Labute approximate surface area is 95.4 Å². The quantitative estimate of drug-likeness (QED) is 0.696. The van der Waals surface area contributed by atoms with Gasteiger partial charge in [0.25, 0.3) is 0 Å². The van der Waals surface area contributed by atoms with Crippen molar-refractivity contribution in [2.24, 2.45) is 0 Å². The van der Waals surface area contributed by atoms with Crippen molar-refractivity contribution in [2.45, 2.75) is 37.0 Å². The molecule has 1 N–H and O–H groups in total. The summed E-state index contributed by atoms with van der Waals surface area (Å²) in [6.45, 7) is 1.32. The van der Waals surface area contributed by atoms with Crippen LogP contribution < -0.4 is 5.32 Å². The SMILES string of the molecule is CNC1(C(=O)OC)CCC2(CC1)OCCO2. The van der Waals surface area contributed by atoms with E-state index in [2.05, 4.69) is 5.32 Å². The predicted molar refractivity (Wildman–Crippen MR) is 56.9 cm³/mol. The Morgan fingerprint density at radius 3 is 2.19 bits per heavy atom. The van der Waals surface area contributed by atoms with E-state index < -0.39 is 11.3 Å². The van der Waals surface area contributed by atoms with E-state index in [9.17, 15) is 4.79 Å². The molecule has 0 radical (unpaired) electrons. The lowest BCUT2D eigenvalue weighted by Crippen LogP contribution is -2.56. The second-order valence-corrected chi connectivity index (χ2v) is 4.43. The minimum Gasteiger partial charge on any atom is -0.468 e. The van der Waals surface area contributed by atoms with Gasteiger partial charge in [0.1, 0.15) is 5.54 Å². The van der Waals surface area contributed by atoms with Gasteiger partial charge in [-0.05, 0) is 19.9 Å². The summed E-state index contributed by atoms with van der Waals surface area (Å²) in [4.78, 5) is 11.8. The summed E-state index contributed by atoms with van der Waals surface area (Å²) < 4.78 is 16.1. The molecule has 1 spiro atoms. The molecule has 1 heterocycles. The first kappa shape index (κ1) is 11.8. The zero-order valence-electron chi connectivity index (χ0n) is 9.88. The Kier molecular flexibility index (Phi) is 3.19. The largest absolute Gasteiger partial charge is 0.468 e. The zero-order valence-corrected chi connectivity index (χ0v) is 9.88. The zero-order chi connectivity index (χ0) is 11.6. The summed E-state index contributed by atoms with van der Waals surface area (Å²) >= 11 is 0. The average Bonchev–Trinajstić information content (AvgIpc) is 2.78. The molecule has 0 amide bonds. The first-order valence-corrected chi connectivity index (χ1v) is 5.72. The van der Waals surface area contributed by atoms with Gasteiger partial charge >= 0.3 is 5.97 Å². The van der Waals surface area contributed by atoms with E-state index in [4.69, 9.17) is 14.2 Å². The summed E-state index contributed by atoms with van der Waals surface area (Å²) in [5, 5.41) is 3.09. The van der Waals surface area contributed by atoms with Gasteiger partial charge in [0.05, 0.1) is 20.3 Å². The van der Waals surface area contributed by atoms with Crippen molar-refractivity contribution in [1.29, 1.82) is 0 Å². The second kappa shape index (κ2) is 4.31. The Morgan fingerprint density at radius 1 is 1.19 bits per heavy atom. The van der Waals surface area contributed by atoms with Crippen LogP contribution in [0.3, 0.4) is 0 Å². The summed E-state index contributed by atoms with van der Waals surface area (Å²) in [5.41, 5.74) is -0.560. The van der Waals surface area contributed by atoms with Gasteiger partial charge in [0.2, 0.25) is 0 Å². The molecule has 2 rings (SSSR count).